The second-order valence-electron chi connectivity index (χ2n) is 10.7. The molecule has 2 aliphatic heterocycles. The van der Waals surface area contributed by atoms with Crippen molar-refractivity contribution in [1.29, 1.82) is 0 Å². The van der Waals surface area contributed by atoms with Crippen LogP contribution in [0.4, 0.5) is 0 Å². The molecule has 2 N–H and O–H groups in total. The molecule has 0 bridgehead atoms. The van der Waals surface area contributed by atoms with Gasteiger partial charge in [0.05, 0.1) is 12.2 Å². The van der Waals surface area contributed by atoms with Gasteiger partial charge < -0.3 is 10.1 Å². The second kappa shape index (κ2) is 11.2. The number of hydrogen-bond donors (Lipinski definition) is 2. The maximum Gasteiger partial charge on any atom is 0.251 e. The molecule has 1 saturated carbocycles. The fourth-order valence-electron chi connectivity index (χ4n) is 6.53. The summed E-state index contributed by atoms with van der Waals surface area (Å²) >= 11 is 0. The van der Waals surface area contributed by atoms with Gasteiger partial charge in [-0.25, -0.2) is 0 Å². The summed E-state index contributed by atoms with van der Waals surface area (Å²) in [6, 6.07) is 8.25. The van der Waals surface area contributed by atoms with Crippen LogP contribution in [0.25, 0.3) is 0 Å². The Kier molecular flexibility index (Phi) is 7.80. The number of carbonyl (C=O) groups excluding carboxylic acids is 1. The summed E-state index contributed by atoms with van der Waals surface area (Å²) in [6.07, 6.45) is 18.7. The molecule has 0 radical (unpaired) electrons. The van der Waals surface area contributed by atoms with Crippen LogP contribution in [-0.4, -0.2) is 43.6 Å². The third-order valence-electron chi connectivity index (χ3n) is 8.38. The van der Waals surface area contributed by atoms with E-state index in [2.05, 4.69) is 48.1 Å². The highest BCUT2D eigenvalue weighted by Crippen LogP contribution is 2.43. The first-order valence-corrected chi connectivity index (χ1v) is 13.7. The lowest BCUT2D eigenvalue weighted by atomic mass is 9.73. The van der Waals surface area contributed by atoms with E-state index in [9.17, 15) is 4.79 Å². The smallest absolute Gasteiger partial charge is 0.251 e. The van der Waals surface area contributed by atoms with Crippen LogP contribution in [-0.2, 0) is 4.74 Å². The minimum absolute atomic E-state index is 0.0285. The Bertz CT molecular complexity index is 891. The van der Waals surface area contributed by atoms with Crippen molar-refractivity contribution in [2.45, 2.75) is 89.0 Å². The number of carbonyl (C=O) groups is 1. The van der Waals surface area contributed by atoms with Crippen LogP contribution < -0.4 is 10.6 Å². The number of fused-ring (bicyclic) bond motifs is 1. The molecule has 5 heteroatoms. The van der Waals surface area contributed by atoms with Crippen LogP contribution >= 0.6 is 0 Å². The van der Waals surface area contributed by atoms with Crippen molar-refractivity contribution < 1.29 is 9.53 Å². The van der Waals surface area contributed by atoms with Gasteiger partial charge in [0, 0.05) is 48.5 Å². The Morgan fingerprint density at radius 2 is 2.09 bits per heavy atom. The van der Waals surface area contributed by atoms with E-state index < -0.39 is 0 Å². The number of allylic oxidation sites excluding steroid dienone is 1. The molecule has 5 rings (SSSR count). The molecule has 5 nitrogen and oxygen atoms in total. The molecule has 0 spiro atoms. The monoisotopic (exact) mass is 463 g/mol. The highest BCUT2D eigenvalue weighted by atomic mass is 16.5. The van der Waals surface area contributed by atoms with Gasteiger partial charge in [-0.15, -0.1) is 0 Å². The van der Waals surface area contributed by atoms with E-state index in [-0.39, 0.29) is 12.1 Å². The minimum atomic E-state index is 0.0285. The van der Waals surface area contributed by atoms with Crippen LogP contribution in [0.1, 0.15) is 86.6 Å². The number of rotatable bonds is 7. The summed E-state index contributed by atoms with van der Waals surface area (Å²) in [5.74, 6) is 1.71. The van der Waals surface area contributed by atoms with Crippen LogP contribution in [0.15, 0.2) is 41.4 Å². The highest BCUT2D eigenvalue weighted by molar-refractivity contribution is 5.94. The van der Waals surface area contributed by atoms with Gasteiger partial charge in [0.25, 0.3) is 5.91 Å². The molecule has 0 aromatic heterocycles. The molecule has 2 aliphatic carbocycles. The number of amides is 1. The van der Waals surface area contributed by atoms with E-state index in [1.165, 1.54) is 37.7 Å². The highest BCUT2D eigenvalue weighted by Gasteiger charge is 2.43. The largest absolute Gasteiger partial charge is 0.374 e. The lowest BCUT2D eigenvalue weighted by molar-refractivity contribution is -0.0610. The first-order valence-electron chi connectivity index (χ1n) is 13.7. The summed E-state index contributed by atoms with van der Waals surface area (Å²) in [5.41, 5.74) is 2.02. The summed E-state index contributed by atoms with van der Waals surface area (Å²) in [7, 11) is 0. The zero-order valence-electron chi connectivity index (χ0n) is 20.6. The average molecular weight is 464 g/mol. The summed E-state index contributed by atoms with van der Waals surface area (Å²) in [4.78, 5) is 17.5. The number of aliphatic imine (C=N–C) groups is 1. The number of ether oxygens (including phenoxy) is 1. The van der Waals surface area contributed by atoms with Gasteiger partial charge >= 0.3 is 0 Å². The molecule has 2 heterocycles. The molecule has 1 aromatic carbocycles. The molecule has 184 valence electrons. The Labute approximate surface area is 204 Å². The quantitative estimate of drug-likeness (QED) is 0.544. The van der Waals surface area contributed by atoms with Crippen LogP contribution in [0.3, 0.4) is 0 Å². The van der Waals surface area contributed by atoms with Gasteiger partial charge in [-0.05, 0) is 56.2 Å². The Balaban J connectivity index is 1.29. The molecular weight excluding hydrogens is 422 g/mol. The van der Waals surface area contributed by atoms with E-state index in [0.29, 0.717) is 42.4 Å². The van der Waals surface area contributed by atoms with E-state index >= 15 is 0 Å². The SMILES string of the molecule is CCCNC(=O)c1cccc(C2CNC3N=CC(C4C=CCCC4OC4CCCCC4)CC32)c1. The van der Waals surface area contributed by atoms with Gasteiger partial charge in [-0.3, -0.25) is 15.1 Å². The van der Waals surface area contributed by atoms with Gasteiger partial charge in [0.1, 0.15) is 6.17 Å². The second-order valence-corrected chi connectivity index (χ2v) is 10.7. The molecule has 1 saturated heterocycles. The summed E-state index contributed by atoms with van der Waals surface area (Å²) in [6.45, 7) is 3.71. The van der Waals surface area contributed by atoms with Crippen LogP contribution in [0, 0.1) is 17.8 Å². The van der Waals surface area contributed by atoms with Crippen molar-refractivity contribution in [2.24, 2.45) is 22.7 Å². The van der Waals surface area contributed by atoms with Crippen molar-refractivity contribution in [3.63, 3.8) is 0 Å². The third-order valence-corrected chi connectivity index (χ3v) is 8.38. The molecule has 34 heavy (non-hydrogen) atoms. The van der Waals surface area contributed by atoms with E-state index in [4.69, 9.17) is 9.73 Å². The maximum atomic E-state index is 12.5. The number of nitrogens with zero attached hydrogens (tertiary/aromatic N) is 1. The fraction of sp³-hybridized carbons (Fsp3) is 0.655. The van der Waals surface area contributed by atoms with Crippen LogP contribution in [0.5, 0.6) is 0 Å². The summed E-state index contributed by atoms with van der Waals surface area (Å²) in [5, 5.41) is 6.65. The third kappa shape index (κ3) is 5.31. The fourth-order valence-corrected chi connectivity index (χ4v) is 6.53. The Morgan fingerprint density at radius 3 is 2.94 bits per heavy atom. The first-order chi connectivity index (χ1) is 16.7. The van der Waals surface area contributed by atoms with Crippen molar-refractivity contribution >= 4 is 12.1 Å². The predicted octanol–water partition coefficient (Wildman–Crippen LogP) is 5.23. The van der Waals surface area contributed by atoms with Crippen molar-refractivity contribution in [3.8, 4) is 0 Å². The predicted molar refractivity (Wildman–Crippen MR) is 137 cm³/mol. The molecule has 1 aromatic rings. The van der Waals surface area contributed by atoms with Gasteiger partial charge in [0.15, 0.2) is 0 Å². The zero-order valence-corrected chi connectivity index (χ0v) is 20.6. The number of nitrogens with one attached hydrogen (secondary N) is 2. The lowest BCUT2D eigenvalue weighted by Crippen LogP contribution is -2.40. The minimum Gasteiger partial charge on any atom is -0.374 e. The Morgan fingerprint density at radius 1 is 1.21 bits per heavy atom. The zero-order chi connectivity index (χ0) is 23.3. The van der Waals surface area contributed by atoms with Gasteiger partial charge in [0.2, 0.25) is 0 Å². The van der Waals surface area contributed by atoms with Crippen LogP contribution in [0.2, 0.25) is 0 Å². The lowest BCUT2D eigenvalue weighted by Gasteiger charge is -2.39. The molecule has 4 aliphatic rings. The summed E-state index contributed by atoms with van der Waals surface area (Å²) < 4.78 is 6.72. The number of hydrogen-bond acceptors (Lipinski definition) is 4. The maximum absolute atomic E-state index is 12.5. The van der Waals surface area contributed by atoms with Crippen molar-refractivity contribution in [1.82, 2.24) is 10.6 Å². The van der Waals surface area contributed by atoms with E-state index in [0.717, 1.165) is 37.8 Å². The topological polar surface area (TPSA) is 62.7 Å². The Hall–Kier alpha value is -1.98. The molecule has 6 atom stereocenters. The van der Waals surface area contributed by atoms with Crippen molar-refractivity contribution in [2.75, 3.05) is 13.1 Å². The molecule has 6 unspecified atom stereocenters. The van der Waals surface area contributed by atoms with Gasteiger partial charge in [-0.1, -0.05) is 50.5 Å². The molecule has 1 amide bonds. The van der Waals surface area contributed by atoms with Crippen molar-refractivity contribution in [3.05, 3.63) is 47.5 Å². The van der Waals surface area contributed by atoms with E-state index in [1.807, 2.05) is 12.1 Å². The molecule has 2 fully saturated rings. The van der Waals surface area contributed by atoms with E-state index in [1.54, 1.807) is 0 Å². The molecular formula is C29H41N3O2. The normalized spacial score (nSPS) is 33.6. The van der Waals surface area contributed by atoms with Gasteiger partial charge in [-0.2, -0.15) is 0 Å². The first kappa shape index (κ1) is 23.7. The number of benzene rings is 1. The average Bonchev–Trinajstić information content (AvgIpc) is 3.32. The standard InChI is InChI=1S/C29H41N3O2/c1-2-15-30-29(33)21-10-8-9-20(16-21)26-19-32-28-25(26)17-22(18-31-28)24-13-6-7-14-27(24)34-23-11-4-3-5-12-23/h6,8-10,13,16,18,22-28,32H,2-5,7,11-12,14-15,17,19H2,1H3,(H,30,33).